The summed E-state index contributed by atoms with van der Waals surface area (Å²) >= 11 is 0. The van der Waals surface area contributed by atoms with Crippen LogP contribution in [0.15, 0.2) is 24.5 Å². The molecule has 0 saturated carbocycles. The standard InChI is InChI=1S/C13H20N2O2/c1-13(2,3)17-10-12(16)15(4)9-11-6-5-7-14-8-11/h5-8H,9-10H2,1-4H3. The number of ether oxygens (including phenoxy) is 1. The molecule has 4 nitrogen and oxygen atoms in total. The first-order valence-electron chi connectivity index (χ1n) is 5.65. The summed E-state index contributed by atoms with van der Waals surface area (Å²) in [6, 6.07) is 3.81. The van der Waals surface area contributed by atoms with E-state index >= 15 is 0 Å². The lowest BCUT2D eigenvalue weighted by atomic mass is 10.2. The molecular formula is C13H20N2O2. The van der Waals surface area contributed by atoms with Crippen molar-refractivity contribution in [2.45, 2.75) is 32.9 Å². The maximum absolute atomic E-state index is 11.8. The molecule has 0 unspecified atom stereocenters. The quantitative estimate of drug-likeness (QED) is 0.801. The fourth-order valence-electron chi connectivity index (χ4n) is 1.24. The first-order valence-corrected chi connectivity index (χ1v) is 5.65. The smallest absolute Gasteiger partial charge is 0.248 e. The van der Waals surface area contributed by atoms with Gasteiger partial charge in [0.25, 0.3) is 0 Å². The lowest BCUT2D eigenvalue weighted by molar-refractivity contribution is -0.140. The molecule has 1 aromatic rings. The number of carbonyl (C=O) groups is 1. The summed E-state index contributed by atoms with van der Waals surface area (Å²) in [6.07, 6.45) is 3.47. The van der Waals surface area contributed by atoms with Gasteiger partial charge in [-0.2, -0.15) is 0 Å². The van der Waals surface area contributed by atoms with E-state index in [1.165, 1.54) is 0 Å². The summed E-state index contributed by atoms with van der Waals surface area (Å²) in [5.74, 6) is -0.0243. The highest BCUT2D eigenvalue weighted by Gasteiger charge is 2.15. The van der Waals surface area contributed by atoms with Crippen LogP contribution in [-0.2, 0) is 16.1 Å². The number of carbonyl (C=O) groups excluding carboxylic acids is 1. The summed E-state index contributed by atoms with van der Waals surface area (Å²) < 4.78 is 5.44. The Balaban J connectivity index is 2.43. The second-order valence-corrected chi connectivity index (χ2v) is 5.01. The van der Waals surface area contributed by atoms with Gasteiger partial charge < -0.3 is 9.64 Å². The van der Waals surface area contributed by atoms with Crippen molar-refractivity contribution in [3.05, 3.63) is 30.1 Å². The topological polar surface area (TPSA) is 42.4 Å². The van der Waals surface area contributed by atoms with Gasteiger partial charge in [0.05, 0.1) is 5.60 Å². The largest absolute Gasteiger partial charge is 0.366 e. The van der Waals surface area contributed by atoms with E-state index in [4.69, 9.17) is 4.74 Å². The Hall–Kier alpha value is -1.42. The van der Waals surface area contributed by atoms with E-state index in [2.05, 4.69) is 4.98 Å². The zero-order valence-electron chi connectivity index (χ0n) is 10.9. The van der Waals surface area contributed by atoms with Crippen LogP contribution >= 0.6 is 0 Å². The minimum absolute atomic E-state index is 0.0243. The fourth-order valence-corrected chi connectivity index (χ4v) is 1.24. The van der Waals surface area contributed by atoms with Crippen LogP contribution in [0.25, 0.3) is 0 Å². The van der Waals surface area contributed by atoms with Crippen LogP contribution in [0.2, 0.25) is 0 Å². The van der Waals surface area contributed by atoms with Gasteiger partial charge in [-0.25, -0.2) is 0 Å². The van der Waals surface area contributed by atoms with Gasteiger partial charge in [-0.3, -0.25) is 9.78 Å². The number of nitrogens with zero attached hydrogens (tertiary/aromatic N) is 2. The highest BCUT2D eigenvalue weighted by atomic mass is 16.5. The lowest BCUT2D eigenvalue weighted by Gasteiger charge is -2.22. The first-order chi connectivity index (χ1) is 7.88. The van der Waals surface area contributed by atoms with Crippen molar-refractivity contribution in [1.29, 1.82) is 0 Å². The Kier molecular flexibility index (Phi) is 4.63. The third-order valence-electron chi connectivity index (χ3n) is 2.20. The van der Waals surface area contributed by atoms with Crippen LogP contribution in [0.3, 0.4) is 0 Å². The Morgan fingerprint density at radius 1 is 1.47 bits per heavy atom. The number of rotatable bonds is 4. The molecule has 17 heavy (non-hydrogen) atoms. The summed E-state index contributed by atoms with van der Waals surface area (Å²) in [5, 5.41) is 0. The Morgan fingerprint density at radius 2 is 2.18 bits per heavy atom. The average Bonchev–Trinajstić information content (AvgIpc) is 2.26. The number of amides is 1. The van der Waals surface area contributed by atoms with E-state index < -0.39 is 0 Å². The molecular weight excluding hydrogens is 216 g/mol. The minimum atomic E-state index is -0.287. The van der Waals surface area contributed by atoms with Gasteiger partial charge in [0.1, 0.15) is 6.61 Å². The molecule has 0 atom stereocenters. The van der Waals surface area contributed by atoms with Gasteiger partial charge in [-0.15, -0.1) is 0 Å². The maximum Gasteiger partial charge on any atom is 0.248 e. The molecule has 4 heteroatoms. The summed E-state index contributed by atoms with van der Waals surface area (Å²) in [5.41, 5.74) is 0.726. The molecule has 1 rings (SSSR count). The molecule has 1 amide bonds. The van der Waals surface area contributed by atoms with Crippen molar-refractivity contribution in [2.24, 2.45) is 0 Å². The van der Waals surface area contributed by atoms with Gasteiger partial charge >= 0.3 is 0 Å². The number of hydrogen-bond acceptors (Lipinski definition) is 3. The second-order valence-electron chi connectivity index (χ2n) is 5.01. The Labute approximate surface area is 103 Å². The molecule has 0 fully saturated rings. The summed E-state index contributed by atoms with van der Waals surface area (Å²) in [6.45, 7) is 6.46. The fraction of sp³-hybridized carbons (Fsp3) is 0.538. The molecule has 0 N–H and O–H groups in total. The zero-order chi connectivity index (χ0) is 12.9. The van der Waals surface area contributed by atoms with Gasteiger partial charge in [0.15, 0.2) is 0 Å². The van der Waals surface area contributed by atoms with Crippen molar-refractivity contribution >= 4 is 5.91 Å². The number of aromatic nitrogens is 1. The van der Waals surface area contributed by atoms with Gasteiger partial charge in [0, 0.05) is 26.0 Å². The van der Waals surface area contributed by atoms with Crippen molar-refractivity contribution in [1.82, 2.24) is 9.88 Å². The minimum Gasteiger partial charge on any atom is -0.366 e. The van der Waals surface area contributed by atoms with Crippen molar-refractivity contribution in [3.8, 4) is 0 Å². The SMILES string of the molecule is CN(Cc1cccnc1)C(=O)COC(C)(C)C. The molecule has 0 aliphatic rings. The third-order valence-corrected chi connectivity index (χ3v) is 2.20. The second kappa shape index (κ2) is 5.77. The van der Waals surface area contributed by atoms with Crippen LogP contribution < -0.4 is 0 Å². The van der Waals surface area contributed by atoms with E-state index in [0.717, 1.165) is 5.56 Å². The zero-order valence-corrected chi connectivity index (χ0v) is 10.9. The summed E-state index contributed by atoms with van der Waals surface area (Å²) in [4.78, 5) is 17.4. The molecule has 0 aliphatic heterocycles. The molecule has 0 bridgehead atoms. The number of pyridine rings is 1. The summed E-state index contributed by atoms with van der Waals surface area (Å²) in [7, 11) is 1.77. The van der Waals surface area contributed by atoms with E-state index in [9.17, 15) is 4.79 Å². The number of hydrogen-bond donors (Lipinski definition) is 0. The highest BCUT2D eigenvalue weighted by Crippen LogP contribution is 2.07. The van der Waals surface area contributed by atoms with Gasteiger partial charge in [-0.05, 0) is 32.4 Å². The highest BCUT2D eigenvalue weighted by molar-refractivity contribution is 5.77. The molecule has 1 heterocycles. The Morgan fingerprint density at radius 3 is 2.71 bits per heavy atom. The van der Waals surface area contributed by atoms with E-state index in [1.807, 2.05) is 32.9 Å². The van der Waals surface area contributed by atoms with Gasteiger partial charge in [0.2, 0.25) is 5.91 Å². The lowest BCUT2D eigenvalue weighted by Crippen LogP contribution is -2.33. The first kappa shape index (κ1) is 13.6. The number of likely N-dealkylation sites (N-methyl/N-ethyl adjacent to an activating group) is 1. The molecule has 0 aromatic carbocycles. The van der Waals surface area contributed by atoms with Crippen LogP contribution in [0.1, 0.15) is 26.3 Å². The van der Waals surface area contributed by atoms with Crippen molar-refractivity contribution < 1.29 is 9.53 Å². The van der Waals surface area contributed by atoms with Crippen LogP contribution in [-0.4, -0.2) is 35.0 Å². The van der Waals surface area contributed by atoms with E-state index in [1.54, 1.807) is 24.3 Å². The monoisotopic (exact) mass is 236 g/mol. The molecule has 0 saturated heterocycles. The maximum atomic E-state index is 11.8. The van der Waals surface area contributed by atoms with E-state index in [-0.39, 0.29) is 18.1 Å². The molecule has 0 aliphatic carbocycles. The van der Waals surface area contributed by atoms with Crippen LogP contribution in [0.5, 0.6) is 0 Å². The molecule has 1 aromatic heterocycles. The Bertz CT molecular complexity index is 357. The predicted molar refractivity (Wildman–Crippen MR) is 66.4 cm³/mol. The van der Waals surface area contributed by atoms with Crippen LogP contribution in [0.4, 0.5) is 0 Å². The van der Waals surface area contributed by atoms with Crippen molar-refractivity contribution in [2.75, 3.05) is 13.7 Å². The molecule has 94 valence electrons. The van der Waals surface area contributed by atoms with E-state index in [0.29, 0.717) is 6.54 Å². The third kappa shape index (κ3) is 5.45. The molecule has 0 spiro atoms. The normalized spacial score (nSPS) is 11.3. The molecule has 0 radical (unpaired) electrons. The van der Waals surface area contributed by atoms with Crippen LogP contribution in [0, 0.1) is 0 Å². The average molecular weight is 236 g/mol. The van der Waals surface area contributed by atoms with Gasteiger partial charge in [-0.1, -0.05) is 6.07 Å². The predicted octanol–water partition coefficient (Wildman–Crippen LogP) is 1.86. The van der Waals surface area contributed by atoms with Crippen molar-refractivity contribution in [3.63, 3.8) is 0 Å².